The van der Waals surface area contributed by atoms with E-state index < -0.39 is 28.8 Å². The second kappa shape index (κ2) is 7.34. The zero-order valence-corrected chi connectivity index (χ0v) is 16.5. The second-order valence-corrected chi connectivity index (χ2v) is 7.39. The molecule has 1 N–H and O–H groups in total. The molecule has 8 nitrogen and oxygen atoms in total. The van der Waals surface area contributed by atoms with Crippen molar-refractivity contribution >= 4 is 33.5 Å². The quantitative estimate of drug-likeness (QED) is 0.534. The average molecular weight is 432 g/mol. The molecule has 11 heteroatoms. The van der Waals surface area contributed by atoms with Crippen LogP contribution in [0.5, 0.6) is 0 Å². The maximum Gasteiger partial charge on any atom is 0.333 e. The van der Waals surface area contributed by atoms with Crippen LogP contribution in [0.4, 0.5) is 13.9 Å². The Morgan fingerprint density at radius 1 is 1.23 bits per heavy atom. The van der Waals surface area contributed by atoms with Crippen molar-refractivity contribution in [2.45, 2.75) is 6.42 Å². The summed E-state index contributed by atoms with van der Waals surface area (Å²) in [5.74, 6) is -1.94. The summed E-state index contributed by atoms with van der Waals surface area (Å²) >= 11 is 1.07. The molecule has 0 aliphatic heterocycles. The Kier molecular flexibility index (Phi) is 4.82. The van der Waals surface area contributed by atoms with Crippen LogP contribution in [0, 0.1) is 11.6 Å². The first-order chi connectivity index (χ1) is 14.3. The number of benzene rings is 1. The van der Waals surface area contributed by atoms with Crippen LogP contribution in [-0.4, -0.2) is 20.0 Å². The molecule has 0 radical (unpaired) electrons. The number of rotatable bonds is 4. The van der Waals surface area contributed by atoms with E-state index in [1.807, 2.05) is 0 Å². The number of furan rings is 1. The molecule has 4 rings (SSSR count). The monoisotopic (exact) mass is 432 g/mol. The van der Waals surface area contributed by atoms with Crippen LogP contribution in [0.2, 0.25) is 0 Å². The first kappa shape index (κ1) is 19.7. The maximum atomic E-state index is 13.9. The van der Waals surface area contributed by atoms with Crippen molar-refractivity contribution in [2.24, 2.45) is 14.1 Å². The van der Waals surface area contributed by atoms with Crippen LogP contribution >= 0.6 is 11.3 Å². The van der Waals surface area contributed by atoms with Gasteiger partial charge in [-0.2, -0.15) is 0 Å². The Balaban J connectivity index is 1.57. The van der Waals surface area contributed by atoms with Gasteiger partial charge in [-0.05, 0) is 12.1 Å². The molecule has 0 unspecified atom stereocenters. The molecule has 4 aromatic rings. The molecule has 3 aromatic heterocycles. The van der Waals surface area contributed by atoms with Crippen LogP contribution in [0.15, 0.2) is 43.8 Å². The van der Waals surface area contributed by atoms with E-state index in [9.17, 15) is 23.2 Å². The number of hydrogen-bond acceptors (Lipinski definition) is 6. The predicted octanol–water partition coefficient (Wildman–Crippen LogP) is 2.41. The number of aromatic nitrogens is 3. The Bertz CT molecular complexity index is 1420. The molecule has 0 saturated carbocycles. The number of halogens is 2. The third-order valence-electron chi connectivity index (χ3n) is 4.55. The highest BCUT2D eigenvalue weighted by atomic mass is 32.1. The van der Waals surface area contributed by atoms with Crippen molar-refractivity contribution in [3.63, 3.8) is 0 Å². The summed E-state index contributed by atoms with van der Waals surface area (Å²) in [4.78, 5) is 41.0. The van der Waals surface area contributed by atoms with Crippen molar-refractivity contribution < 1.29 is 18.0 Å². The Morgan fingerprint density at radius 3 is 2.73 bits per heavy atom. The average Bonchev–Trinajstić information content (AvgIpc) is 3.32. The number of nitrogens with zero attached hydrogens (tertiary/aromatic N) is 3. The fourth-order valence-electron chi connectivity index (χ4n) is 3.04. The van der Waals surface area contributed by atoms with Gasteiger partial charge >= 0.3 is 5.69 Å². The minimum atomic E-state index is -0.760. The van der Waals surface area contributed by atoms with Crippen LogP contribution < -0.4 is 16.6 Å². The minimum absolute atomic E-state index is 0.0780. The lowest BCUT2D eigenvalue weighted by Gasteiger charge is -2.03. The topological polar surface area (TPSA) is 99.1 Å². The summed E-state index contributed by atoms with van der Waals surface area (Å²) in [6.07, 6.45) is 1.06. The molecule has 0 spiro atoms. The van der Waals surface area contributed by atoms with Gasteiger partial charge in [-0.25, -0.2) is 18.6 Å². The van der Waals surface area contributed by atoms with Crippen LogP contribution in [0.3, 0.4) is 0 Å². The SMILES string of the molecule is Cn1c(=O)c2c(CC(=O)Nc3nc(-c4ccc(F)cc4F)cs3)coc2n(C)c1=O. The molecule has 0 bridgehead atoms. The van der Waals surface area contributed by atoms with Crippen LogP contribution in [0.1, 0.15) is 5.56 Å². The van der Waals surface area contributed by atoms with E-state index in [-0.39, 0.29) is 33.9 Å². The van der Waals surface area contributed by atoms with Crippen molar-refractivity contribution in [1.29, 1.82) is 0 Å². The number of nitrogens with one attached hydrogen (secondary N) is 1. The van der Waals surface area contributed by atoms with E-state index in [1.54, 1.807) is 0 Å². The third kappa shape index (κ3) is 3.32. The van der Waals surface area contributed by atoms with Crippen molar-refractivity contribution in [1.82, 2.24) is 14.1 Å². The van der Waals surface area contributed by atoms with E-state index in [0.29, 0.717) is 5.56 Å². The maximum absolute atomic E-state index is 13.9. The molecule has 3 heterocycles. The predicted molar refractivity (Wildman–Crippen MR) is 106 cm³/mol. The molecule has 0 atom stereocenters. The van der Waals surface area contributed by atoms with Crippen LogP contribution in [-0.2, 0) is 25.3 Å². The lowest BCUT2D eigenvalue weighted by atomic mass is 10.1. The zero-order chi connectivity index (χ0) is 21.6. The molecule has 154 valence electrons. The highest BCUT2D eigenvalue weighted by molar-refractivity contribution is 7.14. The lowest BCUT2D eigenvalue weighted by molar-refractivity contribution is -0.115. The number of hydrogen-bond donors (Lipinski definition) is 1. The van der Waals surface area contributed by atoms with Gasteiger partial charge in [0.05, 0.1) is 18.4 Å². The van der Waals surface area contributed by atoms with Gasteiger partial charge in [-0.1, -0.05) is 0 Å². The van der Waals surface area contributed by atoms with Gasteiger partial charge < -0.3 is 9.73 Å². The Morgan fingerprint density at radius 2 is 2.00 bits per heavy atom. The van der Waals surface area contributed by atoms with Gasteiger partial charge in [-0.3, -0.25) is 18.7 Å². The first-order valence-electron chi connectivity index (χ1n) is 8.63. The molecule has 0 aliphatic carbocycles. The van der Waals surface area contributed by atoms with Gasteiger partial charge in [-0.15, -0.1) is 11.3 Å². The normalized spacial score (nSPS) is 11.2. The largest absolute Gasteiger partial charge is 0.447 e. The van der Waals surface area contributed by atoms with Gasteiger partial charge in [0.2, 0.25) is 11.6 Å². The van der Waals surface area contributed by atoms with Crippen molar-refractivity contribution in [3.8, 4) is 11.3 Å². The summed E-state index contributed by atoms with van der Waals surface area (Å²) in [5.41, 5.74) is -0.340. The van der Waals surface area contributed by atoms with Crippen LogP contribution in [0.25, 0.3) is 22.4 Å². The fourth-order valence-corrected chi connectivity index (χ4v) is 3.77. The smallest absolute Gasteiger partial charge is 0.333 e. The summed E-state index contributed by atoms with van der Waals surface area (Å²) in [6, 6.07) is 3.14. The summed E-state index contributed by atoms with van der Waals surface area (Å²) in [6.45, 7) is 0. The van der Waals surface area contributed by atoms with Gasteiger partial charge in [0.15, 0.2) is 5.13 Å². The molecular formula is C19H14F2N4O4S. The summed E-state index contributed by atoms with van der Waals surface area (Å²) in [7, 11) is 2.80. The standard InChI is InChI=1S/C19H14F2N4O4S/c1-24-16(27)15-9(7-29-17(15)25(2)19(24)28)5-14(26)23-18-22-13(8-30-18)11-4-3-10(20)6-12(11)21/h3-4,6-8H,5H2,1-2H3,(H,22,23,26). The van der Waals surface area contributed by atoms with E-state index >= 15 is 0 Å². The van der Waals surface area contributed by atoms with E-state index in [1.165, 1.54) is 36.4 Å². The number of fused-ring (bicyclic) bond motifs is 1. The lowest BCUT2D eigenvalue weighted by Crippen LogP contribution is -2.36. The molecule has 0 aliphatic rings. The van der Waals surface area contributed by atoms with Crippen molar-refractivity contribution in [3.05, 3.63) is 67.9 Å². The molecular weight excluding hydrogens is 418 g/mol. The first-order valence-corrected chi connectivity index (χ1v) is 9.51. The van der Waals surface area contributed by atoms with Crippen molar-refractivity contribution in [2.75, 3.05) is 5.32 Å². The Labute approximate surface area is 171 Å². The van der Waals surface area contributed by atoms with Gasteiger partial charge in [0, 0.05) is 36.7 Å². The number of anilines is 1. The Hall–Kier alpha value is -3.60. The van der Waals surface area contributed by atoms with E-state index in [4.69, 9.17) is 4.42 Å². The van der Waals surface area contributed by atoms with Gasteiger partial charge in [0.1, 0.15) is 17.0 Å². The number of carbonyl (C=O) groups excluding carboxylic acids is 1. The molecule has 30 heavy (non-hydrogen) atoms. The highest BCUT2D eigenvalue weighted by Crippen LogP contribution is 2.27. The molecule has 1 aromatic carbocycles. The number of amides is 1. The third-order valence-corrected chi connectivity index (χ3v) is 5.31. The van der Waals surface area contributed by atoms with Gasteiger partial charge in [0.25, 0.3) is 5.56 Å². The summed E-state index contributed by atoms with van der Waals surface area (Å²) in [5, 5.41) is 4.47. The number of thiazole rings is 1. The second-order valence-electron chi connectivity index (χ2n) is 6.53. The molecule has 0 saturated heterocycles. The minimum Gasteiger partial charge on any atom is -0.447 e. The fraction of sp³-hybridized carbons (Fsp3) is 0.158. The summed E-state index contributed by atoms with van der Waals surface area (Å²) < 4.78 is 34.4. The van der Waals surface area contributed by atoms with E-state index in [0.717, 1.165) is 28.0 Å². The molecule has 1 amide bonds. The molecule has 0 fully saturated rings. The zero-order valence-electron chi connectivity index (χ0n) is 15.7. The number of carbonyl (C=O) groups is 1. The number of aryl methyl sites for hydroxylation is 1. The van der Waals surface area contributed by atoms with E-state index in [2.05, 4.69) is 10.3 Å². The highest BCUT2D eigenvalue weighted by Gasteiger charge is 2.19.